The smallest absolute Gasteiger partial charge is 0.320 e. The first kappa shape index (κ1) is 21.8. The van der Waals surface area contributed by atoms with Crippen LogP contribution >= 0.6 is 23.4 Å². The second-order valence-electron chi connectivity index (χ2n) is 7.22. The summed E-state index contributed by atoms with van der Waals surface area (Å²) in [4.78, 5) is 24.8. The highest BCUT2D eigenvalue weighted by Crippen LogP contribution is 2.37. The van der Waals surface area contributed by atoms with Crippen LogP contribution in [0.4, 0.5) is 4.39 Å². The van der Waals surface area contributed by atoms with Crippen molar-refractivity contribution in [2.75, 3.05) is 0 Å². The third kappa shape index (κ3) is 7.24. The number of hydrogen-bond donors (Lipinski definition) is 1. The SMILES string of the molecule is CC(C)C[C@@H](C(=O)O)[C@H](Sc1ccc(F)cc1Cl)C(=O)OC(C)(C)C. The summed E-state index contributed by atoms with van der Waals surface area (Å²) in [5.41, 5.74) is -0.747. The van der Waals surface area contributed by atoms with Gasteiger partial charge in [-0.25, -0.2) is 4.39 Å². The van der Waals surface area contributed by atoms with E-state index in [0.717, 1.165) is 17.8 Å². The molecule has 140 valence electrons. The van der Waals surface area contributed by atoms with E-state index < -0.39 is 34.5 Å². The highest BCUT2D eigenvalue weighted by atomic mass is 35.5. The van der Waals surface area contributed by atoms with Crippen molar-refractivity contribution in [3.63, 3.8) is 0 Å². The van der Waals surface area contributed by atoms with Crippen LogP contribution in [0.5, 0.6) is 0 Å². The normalized spacial score (nSPS) is 14.2. The molecule has 1 N–H and O–H groups in total. The first-order chi connectivity index (χ1) is 11.4. The molecule has 2 atom stereocenters. The van der Waals surface area contributed by atoms with Gasteiger partial charge in [-0.3, -0.25) is 9.59 Å². The maximum Gasteiger partial charge on any atom is 0.320 e. The number of benzene rings is 1. The average Bonchev–Trinajstić information content (AvgIpc) is 2.42. The molecule has 0 aliphatic carbocycles. The minimum atomic E-state index is -1.07. The molecule has 1 rings (SSSR count). The fourth-order valence-corrected chi connectivity index (χ4v) is 3.65. The van der Waals surface area contributed by atoms with Crippen LogP contribution in [0.3, 0.4) is 0 Å². The van der Waals surface area contributed by atoms with Gasteiger partial charge < -0.3 is 9.84 Å². The van der Waals surface area contributed by atoms with Gasteiger partial charge in [-0.1, -0.05) is 25.4 Å². The summed E-state index contributed by atoms with van der Waals surface area (Å²) in [5, 5.41) is 8.76. The van der Waals surface area contributed by atoms with Crippen LogP contribution in [0.1, 0.15) is 41.0 Å². The number of halogens is 2. The third-order valence-corrected chi connectivity index (χ3v) is 5.00. The van der Waals surface area contributed by atoms with Crippen LogP contribution in [0.15, 0.2) is 23.1 Å². The zero-order valence-electron chi connectivity index (χ0n) is 15.0. The van der Waals surface area contributed by atoms with Gasteiger partial charge in [0.15, 0.2) is 0 Å². The van der Waals surface area contributed by atoms with Gasteiger partial charge in [-0.15, -0.1) is 11.8 Å². The molecule has 0 unspecified atom stereocenters. The van der Waals surface area contributed by atoms with E-state index in [-0.39, 0.29) is 10.9 Å². The predicted molar refractivity (Wildman–Crippen MR) is 97.5 cm³/mol. The average molecular weight is 391 g/mol. The van der Waals surface area contributed by atoms with Crippen LogP contribution in [0, 0.1) is 17.7 Å². The van der Waals surface area contributed by atoms with Crippen LogP contribution in [0.25, 0.3) is 0 Å². The predicted octanol–water partition coefficient (Wildman–Crippen LogP) is 5.03. The summed E-state index contributed by atoms with van der Waals surface area (Å²) in [7, 11) is 0. The van der Waals surface area contributed by atoms with E-state index in [1.165, 1.54) is 12.1 Å². The maximum absolute atomic E-state index is 13.2. The monoisotopic (exact) mass is 390 g/mol. The van der Waals surface area contributed by atoms with Gasteiger partial charge in [0.2, 0.25) is 0 Å². The molecule has 4 nitrogen and oxygen atoms in total. The molecule has 0 aliphatic rings. The zero-order valence-corrected chi connectivity index (χ0v) is 16.6. The molecule has 0 spiro atoms. The topological polar surface area (TPSA) is 63.6 Å². The van der Waals surface area contributed by atoms with Crippen molar-refractivity contribution in [2.45, 2.75) is 56.8 Å². The Balaban J connectivity index is 3.20. The maximum atomic E-state index is 13.2. The van der Waals surface area contributed by atoms with Gasteiger partial charge in [0.05, 0.1) is 10.9 Å². The van der Waals surface area contributed by atoms with Gasteiger partial charge in [-0.05, 0) is 51.3 Å². The van der Waals surface area contributed by atoms with Crippen molar-refractivity contribution in [2.24, 2.45) is 11.8 Å². The summed E-state index contributed by atoms with van der Waals surface area (Å²) < 4.78 is 18.7. The van der Waals surface area contributed by atoms with Gasteiger partial charge in [0.25, 0.3) is 0 Å². The van der Waals surface area contributed by atoms with Crippen molar-refractivity contribution >= 4 is 35.3 Å². The van der Waals surface area contributed by atoms with E-state index in [1.807, 2.05) is 13.8 Å². The Kier molecular flexibility index (Phi) is 7.75. The lowest BCUT2D eigenvalue weighted by molar-refractivity contribution is -0.159. The molecule has 0 saturated carbocycles. The van der Waals surface area contributed by atoms with Crippen LogP contribution in [-0.2, 0) is 14.3 Å². The lowest BCUT2D eigenvalue weighted by Gasteiger charge is -2.28. The molecule has 0 amide bonds. The summed E-state index contributed by atoms with van der Waals surface area (Å²) in [6, 6.07) is 3.79. The fourth-order valence-electron chi connectivity index (χ4n) is 2.22. The third-order valence-electron chi connectivity index (χ3n) is 3.19. The molecule has 0 aliphatic heterocycles. The molecule has 0 fully saturated rings. The number of carboxylic acid groups (broad SMARTS) is 1. The molecule has 25 heavy (non-hydrogen) atoms. The lowest BCUT2D eigenvalue weighted by Crippen LogP contribution is -2.38. The summed E-state index contributed by atoms with van der Waals surface area (Å²) in [6.45, 7) is 8.93. The Hall–Kier alpha value is -1.27. The number of carboxylic acids is 1. The summed E-state index contributed by atoms with van der Waals surface area (Å²) >= 11 is 7.04. The second-order valence-corrected chi connectivity index (χ2v) is 8.81. The number of thioether (sulfide) groups is 1. The Morgan fingerprint density at radius 3 is 2.36 bits per heavy atom. The Labute approximate surface area is 157 Å². The Morgan fingerprint density at radius 2 is 1.92 bits per heavy atom. The van der Waals surface area contributed by atoms with Gasteiger partial charge in [0, 0.05) is 4.90 Å². The quantitative estimate of drug-likeness (QED) is 0.522. The summed E-state index contributed by atoms with van der Waals surface area (Å²) in [5.74, 6) is -3.06. The number of carbonyl (C=O) groups is 2. The molecular weight excluding hydrogens is 367 g/mol. The molecule has 0 radical (unpaired) electrons. The van der Waals surface area contributed by atoms with E-state index in [4.69, 9.17) is 16.3 Å². The van der Waals surface area contributed by atoms with E-state index in [2.05, 4.69) is 0 Å². The molecule has 1 aromatic carbocycles. The molecule has 0 aromatic heterocycles. The number of ether oxygens (including phenoxy) is 1. The first-order valence-electron chi connectivity index (χ1n) is 7.98. The Bertz CT molecular complexity index is 628. The van der Waals surface area contributed by atoms with Crippen LogP contribution in [-0.4, -0.2) is 27.9 Å². The zero-order chi connectivity index (χ0) is 19.4. The van der Waals surface area contributed by atoms with Crippen molar-refractivity contribution in [1.29, 1.82) is 0 Å². The largest absolute Gasteiger partial charge is 0.481 e. The fraction of sp³-hybridized carbons (Fsp3) is 0.556. The lowest BCUT2D eigenvalue weighted by atomic mass is 9.94. The van der Waals surface area contributed by atoms with Crippen molar-refractivity contribution in [3.8, 4) is 0 Å². The molecule has 0 bridgehead atoms. The Morgan fingerprint density at radius 1 is 1.32 bits per heavy atom. The molecule has 1 aromatic rings. The second kappa shape index (κ2) is 8.90. The molecule has 7 heteroatoms. The van der Waals surface area contributed by atoms with Gasteiger partial charge in [0.1, 0.15) is 16.7 Å². The van der Waals surface area contributed by atoms with Gasteiger partial charge in [-0.2, -0.15) is 0 Å². The number of aliphatic carboxylic acids is 1. The minimum absolute atomic E-state index is 0.0790. The number of carbonyl (C=O) groups excluding carboxylic acids is 1. The molecular formula is C18H24ClFO4S. The van der Waals surface area contributed by atoms with E-state index in [0.29, 0.717) is 11.3 Å². The standard InChI is InChI=1S/C18H24ClFO4S/c1-10(2)8-12(16(21)22)15(17(23)24-18(3,4)5)25-14-7-6-11(20)9-13(14)19/h6-7,9-10,12,15H,8H2,1-5H3,(H,21,22)/t12-,15+/m1/s1. The summed E-state index contributed by atoms with van der Waals surface area (Å²) in [6.07, 6.45) is 0.311. The molecule has 0 heterocycles. The number of hydrogen-bond acceptors (Lipinski definition) is 4. The van der Waals surface area contributed by atoms with Crippen molar-refractivity contribution in [3.05, 3.63) is 29.0 Å². The van der Waals surface area contributed by atoms with Crippen molar-refractivity contribution in [1.82, 2.24) is 0 Å². The minimum Gasteiger partial charge on any atom is -0.481 e. The first-order valence-corrected chi connectivity index (χ1v) is 9.24. The number of esters is 1. The van der Waals surface area contributed by atoms with Crippen LogP contribution < -0.4 is 0 Å². The highest BCUT2D eigenvalue weighted by Gasteiger charge is 2.38. The van der Waals surface area contributed by atoms with Gasteiger partial charge >= 0.3 is 11.9 Å². The van der Waals surface area contributed by atoms with Crippen molar-refractivity contribution < 1.29 is 23.8 Å². The van der Waals surface area contributed by atoms with E-state index in [9.17, 15) is 19.1 Å². The number of rotatable bonds is 7. The highest BCUT2D eigenvalue weighted by molar-refractivity contribution is 8.00. The molecule has 0 saturated heterocycles. The van der Waals surface area contributed by atoms with E-state index >= 15 is 0 Å². The van der Waals surface area contributed by atoms with Crippen LogP contribution in [0.2, 0.25) is 5.02 Å². The van der Waals surface area contributed by atoms with E-state index in [1.54, 1.807) is 20.8 Å².